The molecule has 31 heavy (non-hydrogen) atoms. The molecule has 0 aliphatic carbocycles. The van der Waals surface area contributed by atoms with Crippen LogP contribution in [0.1, 0.15) is 5.76 Å². The molecule has 1 saturated heterocycles. The first-order valence-corrected chi connectivity index (χ1v) is 11.1. The number of carbonyl (C=O) groups is 2. The number of thiocarbonyl (C=S) groups is 1. The topological polar surface area (TPSA) is 62.6 Å². The Morgan fingerprint density at radius 1 is 1.13 bits per heavy atom. The first kappa shape index (κ1) is 21.8. The molecule has 0 atom stereocenters. The van der Waals surface area contributed by atoms with E-state index in [0.717, 1.165) is 9.80 Å². The summed E-state index contributed by atoms with van der Waals surface area (Å²) < 4.78 is 19.7. The van der Waals surface area contributed by atoms with Crippen molar-refractivity contribution < 1.29 is 18.4 Å². The number of hydrogen-bond acceptors (Lipinski definition) is 5. The van der Waals surface area contributed by atoms with Gasteiger partial charge in [0.05, 0.1) is 10.2 Å². The Kier molecular flexibility index (Phi) is 6.29. The Bertz CT molecular complexity index is 1230. The molecule has 3 aromatic rings. The van der Waals surface area contributed by atoms with Crippen LogP contribution in [-0.4, -0.2) is 16.9 Å². The first-order chi connectivity index (χ1) is 14.8. The summed E-state index contributed by atoms with van der Waals surface area (Å²) in [4.78, 5) is 27.4. The zero-order valence-electron chi connectivity index (χ0n) is 15.4. The van der Waals surface area contributed by atoms with Crippen molar-refractivity contribution in [1.29, 1.82) is 0 Å². The van der Waals surface area contributed by atoms with Gasteiger partial charge in [0.1, 0.15) is 17.2 Å². The molecule has 4 rings (SSSR count). The molecule has 0 bridgehead atoms. The van der Waals surface area contributed by atoms with Crippen LogP contribution in [0.3, 0.4) is 0 Å². The highest BCUT2D eigenvalue weighted by atomic mass is 79.9. The largest absolute Gasteiger partial charge is 0.449 e. The summed E-state index contributed by atoms with van der Waals surface area (Å²) in [6.45, 7) is 0. The van der Waals surface area contributed by atoms with Gasteiger partial charge < -0.3 is 4.42 Å². The van der Waals surface area contributed by atoms with E-state index in [0.29, 0.717) is 26.0 Å². The van der Waals surface area contributed by atoms with Crippen LogP contribution in [0, 0.1) is 5.82 Å². The van der Waals surface area contributed by atoms with E-state index in [-0.39, 0.29) is 10.7 Å². The van der Waals surface area contributed by atoms with Crippen LogP contribution in [0.15, 0.2) is 79.0 Å². The number of benzene rings is 2. The number of nitrogens with one attached hydrogen (secondary N) is 1. The Morgan fingerprint density at radius 3 is 2.48 bits per heavy atom. The number of amides is 2. The fourth-order valence-corrected chi connectivity index (χ4v) is 4.48. The molecule has 0 spiro atoms. The molecule has 2 amide bonds. The van der Waals surface area contributed by atoms with Gasteiger partial charge in [-0.3, -0.25) is 19.8 Å². The standard InChI is InChI=1S/C21H11BrClFN2O3S2/c22-17-10-14(29-20(17)31-15-7-1-11(23)2-8-15)9-16-18(27)25-21(30)26(19(16)28)13-5-3-12(24)4-6-13/h1-10H,(H,25,27,30)/b16-9-. The van der Waals surface area contributed by atoms with Gasteiger partial charge >= 0.3 is 0 Å². The summed E-state index contributed by atoms with van der Waals surface area (Å²) >= 11 is 15.8. The van der Waals surface area contributed by atoms with Gasteiger partial charge in [-0.25, -0.2) is 4.39 Å². The summed E-state index contributed by atoms with van der Waals surface area (Å²) in [7, 11) is 0. The van der Waals surface area contributed by atoms with Crippen LogP contribution >= 0.6 is 51.5 Å². The Labute approximate surface area is 199 Å². The number of carbonyl (C=O) groups excluding carboxylic acids is 2. The maximum Gasteiger partial charge on any atom is 0.270 e. The van der Waals surface area contributed by atoms with Crippen LogP contribution in [0.25, 0.3) is 6.08 Å². The molecule has 1 aliphatic heterocycles. The fourth-order valence-electron chi connectivity index (χ4n) is 2.74. The molecule has 1 N–H and O–H groups in total. The molecule has 156 valence electrons. The SMILES string of the molecule is O=C1NC(=S)N(c2ccc(F)cc2)C(=O)/C1=C\c1cc(Br)c(Sc2ccc(Cl)cc2)o1. The molecule has 1 fully saturated rings. The van der Waals surface area contributed by atoms with Gasteiger partial charge in [-0.15, -0.1) is 0 Å². The van der Waals surface area contributed by atoms with E-state index in [4.69, 9.17) is 28.2 Å². The summed E-state index contributed by atoms with van der Waals surface area (Å²) in [6, 6.07) is 14.1. The van der Waals surface area contributed by atoms with Crippen LogP contribution in [0.5, 0.6) is 0 Å². The van der Waals surface area contributed by atoms with E-state index < -0.39 is 17.6 Å². The smallest absolute Gasteiger partial charge is 0.270 e. The van der Waals surface area contributed by atoms with Gasteiger partial charge in [-0.1, -0.05) is 23.4 Å². The van der Waals surface area contributed by atoms with Gasteiger partial charge in [0, 0.05) is 9.92 Å². The molecule has 1 aliphatic rings. The highest BCUT2D eigenvalue weighted by Gasteiger charge is 2.34. The normalized spacial score (nSPS) is 15.5. The average molecular weight is 538 g/mol. The minimum atomic E-state index is -0.646. The van der Waals surface area contributed by atoms with Crippen molar-refractivity contribution in [3.63, 3.8) is 0 Å². The van der Waals surface area contributed by atoms with Crippen LogP contribution in [0.2, 0.25) is 5.02 Å². The lowest BCUT2D eigenvalue weighted by atomic mass is 10.1. The predicted octanol–water partition coefficient (Wildman–Crippen LogP) is 5.82. The number of hydrogen-bond donors (Lipinski definition) is 1. The van der Waals surface area contributed by atoms with E-state index >= 15 is 0 Å². The third-order valence-electron chi connectivity index (χ3n) is 4.17. The fraction of sp³-hybridized carbons (Fsp3) is 0. The van der Waals surface area contributed by atoms with E-state index in [1.54, 1.807) is 18.2 Å². The molecule has 10 heteroatoms. The highest BCUT2D eigenvalue weighted by molar-refractivity contribution is 9.10. The monoisotopic (exact) mass is 536 g/mol. The number of furan rings is 1. The van der Waals surface area contributed by atoms with Crippen LogP contribution in [-0.2, 0) is 9.59 Å². The van der Waals surface area contributed by atoms with Gasteiger partial charge in [0.2, 0.25) is 0 Å². The zero-order valence-corrected chi connectivity index (χ0v) is 19.4. The summed E-state index contributed by atoms with van der Waals surface area (Å²) in [6.07, 6.45) is 1.34. The quantitative estimate of drug-likeness (QED) is 0.258. The van der Waals surface area contributed by atoms with Crippen molar-refractivity contribution in [2.75, 3.05) is 4.90 Å². The van der Waals surface area contributed by atoms with Crippen LogP contribution in [0.4, 0.5) is 10.1 Å². The number of anilines is 1. The number of halogens is 3. The second-order valence-electron chi connectivity index (χ2n) is 6.27. The maximum atomic E-state index is 13.2. The molecule has 0 radical (unpaired) electrons. The minimum absolute atomic E-state index is 0.0848. The molecule has 0 unspecified atom stereocenters. The summed E-state index contributed by atoms with van der Waals surface area (Å²) in [5, 5.41) is 3.56. The molecular weight excluding hydrogens is 527 g/mol. The Balaban J connectivity index is 1.63. The number of rotatable bonds is 4. The molecule has 1 aromatic heterocycles. The average Bonchev–Trinajstić information content (AvgIpc) is 3.07. The van der Waals surface area contributed by atoms with Gasteiger partial charge in [0.15, 0.2) is 10.2 Å². The van der Waals surface area contributed by atoms with Crippen molar-refractivity contribution >= 4 is 80.2 Å². The second-order valence-corrected chi connectivity index (χ2v) is 9.00. The maximum absolute atomic E-state index is 13.2. The lowest BCUT2D eigenvalue weighted by molar-refractivity contribution is -0.122. The highest BCUT2D eigenvalue weighted by Crippen LogP contribution is 2.37. The Morgan fingerprint density at radius 2 is 1.81 bits per heavy atom. The van der Waals surface area contributed by atoms with Crippen molar-refractivity contribution in [3.8, 4) is 0 Å². The van der Waals surface area contributed by atoms with Crippen molar-refractivity contribution in [2.24, 2.45) is 0 Å². The first-order valence-electron chi connectivity index (χ1n) is 8.71. The molecule has 0 saturated carbocycles. The third kappa shape index (κ3) is 4.74. The van der Waals surface area contributed by atoms with E-state index in [2.05, 4.69) is 21.2 Å². The van der Waals surface area contributed by atoms with Gasteiger partial charge in [0.25, 0.3) is 11.8 Å². The predicted molar refractivity (Wildman–Crippen MR) is 125 cm³/mol. The van der Waals surface area contributed by atoms with Gasteiger partial charge in [-0.2, -0.15) is 0 Å². The summed E-state index contributed by atoms with van der Waals surface area (Å²) in [5.74, 6) is -1.44. The molecule has 2 aromatic carbocycles. The van der Waals surface area contributed by atoms with E-state index in [1.807, 2.05) is 12.1 Å². The minimum Gasteiger partial charge on any atom is -0.449 e. The molecule has 5 nitrogen and oxygen atoms in total. The van der Waals surface area contributed by atoms with Crippen molar-refractivity contribution in [3.05, 3.63) is 81.2 Å². The third-order valence-corrected chi connectivity index (χ3v) is 6.56. The lowest BCUT2D eigenvalue weighted by Gasteiger charge is -2.28. The van der Waals surface area contributed by atoms with E-state index in [1.165, 1.54) is 42.1 Å². The van der Waals surface area contributed by atoms with Crippen molar-refractivity contribution in [2.45, 2.75) is 9.99 Å². The molecule has 2 heterocycles. The molecular formula is C21H11BrClFN2O3S2. The number of nitrogens with zero attached hydrogens (tertiary/aromatic N) is 1. The van der Waals surface area contributed by atoms with Crippen LogP contribution < -0.4 is 10.2 Å². The van der Waals surface area contributed by atoms with Crippen molar-refractivity contribution in [1.82, 2.24) is 5.32 Å². The summed E-state index contributed by atoms with van der Waals surface area (Å²) in [5.41, 5.74) is 0.170. The lowest BCUT2D eigenvalue weighted by Crippen LogP contribution is -2.54. The zero-order chi connectivity index (χ0) is 22.1. The van der Waals surface area contributed by atoms with E-state index in [9.17, 15) is 14.0 Å². The van der Waals surface area contributed by atoms with Gasteiger partial charge in [-0.05, 0) is 88.8 Å². The second kappa shape index (κ2) is 8.96. The Hall–Kier alpha value is -2.46.